The molecule has 0 saturated heterocycles. The molecule has 4 heterocycles. The molecule has 3 heteroatoms. The van der Waals surface area contributed by atoms with Crippen LogP contribution in [-0.4, -0.2) is 15.9 Å². The van der Waals surface area contributed by atoms with Gasteiger partial charge in [0, 0.05) is 43.5 Å². The van der Waals surface area contributed by atoms with E-state index in [1.54, 1.807) is 11.1 Å². The van der Waals surface area contributed by atoms with Gasteiger partial charge in [0.15, 0.2) is 0 Å². The molecule has 324 valence electrons. The van der Waals surface area contributed by atoms with Gasteiger partial charge in [-0.25, -0.2) is 0 Å². The molecule has 6 aliphatic rings. The maximum absolute atomic E-state index is 2.87. The zero-order valence-corrected chi connectivity index (χ0v) is 38.5. The minimum atomic E-state index is 0.00850. The maximum atomic E-state index is 2.87. The first-order valence-electron chi connectivity index (χ1n) is 26.0. The molecule has 4 fully saturated rings. The molecule has 16 rings (SSSR count). The lowest BCUT2D eigenvalue weighted by Gasteiger charge is -2.46. The SMILES string of the molecule is c1ccc(-c2ccc3c(c2)c2cc(-c4ccccc4)cc4c2n3-c2c3c(cc5ccccc25)-c2cc(C56CCCC(CCC5)C6)cc5c6cc(C78CCCC(CCC7)C8)ccc6n(c25)B34)cc1. The first-order chi connectivity index (χ1) is 33.1. The number of hydrogen-bond acceptors (Lipinski definition) is 0. The van der Waals surface area contributed by atoms with Gasteiger partial charge in [-0.3, -0.25) is 0 Å². The van der Waals surface area contributed by atoms with Crippen molar-refractivity contribution in [3.63, 3.8) is 0 Å². The first-order valence-corrected chi connectivity index (χ1v) is 26.0. The zero-order valence-electron chi connectivity index (χ0n) is 38.5. The largest absolute Gasteiger partial charge is 0.375 e. The Morgan fingerprint density at radius 2 is 1.03 bits per heavy atom. The lowest BCUT2D eigenvalue weighted by Crippen LogP contribution is -2.55. The van der Waals surface area contributed by atoms with Crippen LogP contribution in [0, 0.1) is 11.8 Å². The van der Waals surface area contributed by atoms with Gasteiger partial charge in [-0.2, -0.15) is 0 Å². The Morgan fingerprint density at radius 1 is 0.433 bits per heavy atom. The highest BCUT2D eigenvalue weighted by molar-refractivity contribution is 6.90. The third-order valence-electron chi connectivity index (χ3n) is 19.1. The molecule has 4 saturated carbocycles. The fraction of sp³-hybridized carbons (Fsp3) is 0.281. The van der Waals surface area contributed by atoms with Gasteiger partial charge in [-0.05, 0) is 165 Å². The average molecular weight is 863 g/mol. The van der Waals surface area contributed by atoms with Crippen LogP contribution in [0.25, 0.3) is 93.5 Å². The number of rotatable bonds is 4. The molecule has 10 aromatic rings. The van der Waals surface area contributed by atoms with Crippen LogP contribution < -0.4 is 10.9 Å². The summed E-state index contributed by atoms with van der Waals surface area (Å²) >= 11 is 0. The van der Waals surface area contributed by atoms with Crippen LogP contribution in [0.5, 0.6) is 0 Å². The monoisotopic (exact) mass is 862 g/mol. The summed E-state index contributed by atoms with van der Waals surface area (Å²) in [5, 5.41) is 8.33. The van der Waals surface area contributed by atoms with Gasteiger partial charge in [-0.15, -0.1) is 0 Å². The summed E-state index contributed by atoms with van der Waals surface area (Å²) in [6.45, 7) is 0.00850. The highest BCUT2D eigenvalue weighted by Gasteiger charge is 2.46. The van der Waals surface area contributed by atoms with E-state index < -0.39 is 0 Å². The molecule has 0 atom stereocenters. The van der Waals surface area contributed by atoms with E-state index in [2.05, 4.69) is 161 Å². The molecule has 0 radical (unpaired) electrons. The van der Waals surface area contributed by atoms with Gasteiger partial charge in [0.2, 0.25) is 0 Å². The quantitative estimate of drug-likeness (QED) is 0.156. The molecule has 8 aromatic carbocycles. The van der Waals surface area contributed by atoms with E-state index in [1.165, 1.54) is 194 Å². The summed E-state index contributed by atoms with van der Waals surface area (Å²) in [5.41, 5.74) is 21.6. The number of hydrogen-bond donors (Lipinski definition) is 0. The highest BCUT2D eigenvalue weighted by atomic mass is 15.0. The lowest BCUT2D eigenvalue weighted by atomic mass is 9.45. The Labute approximate surface area is 393 Å². The van der Waals surface area contributed by atoms with E-state index in [0.717, 1.165) is 11.8 Å². The molecule has 67 heavy (non-hydrogen) atoms. The number of benzene rings is 8. The maximum Gasteiger partial charge on any atom is 0.333 e. The molecule has 0 N–H and O–H groups in total. The van der Waals surface area contributed by atoms with Crippen LogP contribution in [0.15, 0.2) is 152 Å². The van der Waals surface area contributed by atoms with Crippen molar-refractivity contribution in [1.82, 2.24) is 9.05 Å². The predicted molar refractivity (Wildman–Crippen MR) is 283 cm³/mol. The minimum absolute atomic E-state index is 0.00850. The van der Waals surface area contributed by atoms with Crippen molar-refractivity contribution in [1.29, 1.82) is 0 Å². The normalized spacial score (nSPS) is 23.7. The molecule has 2 nitrogen and oxygen atoms in total. The number of aromatic nitrogens is 2. The Balaban J connectivity index is 1.06. The average Bonchev–Trinajstić information content (AvgIpc) is 3.89. The molecule has 0 amide bonds. The van der Waals surface area contributed by atoms with Gasteiger partial charge in [-0.1, -0.05) is 154 Å². The summed E-state index contributed by atoms with van der Waals surface area (Å²) < 4.78 is 5.59. The predicted octanol–water partition coefficient (Wildman–Crippen LogP) is 15.6. The Bertz CT molecular complexity index is 3720. The van der Waals surface area contributed by atoms with E-state index in [9.17, 15) is 0 Å². The summed E-state index contributed by atoms with van der Waals surface area (Å²) in [6.07, 6.45) is 19.3. The molecule has 2 aromatic heterocycles. The van der Waals surface area contributed by atoms with E-state index in [1.807, 2.05) is 0 Å². The second-order valence-corrected chi connectivity index (χ2v) is 22.4. The van der Waals surface area contributed by atoms with E-state index in [0.29, 0.717) is 5.41 Å². The summed E-state index contributed by atoms with van der Waals surface area (Å²) in [4.78, 5) is 0. The number of nitrogens with zero attached hydrogens (tertiary/aromatic N) is 2. The molecule has 4 aliphatic carbocycles. The fourth-order valence-electron chi connectivity index (χ4n) is 16.2. The minimum Gasteiger partial charge on any atom is -0.375 e. The van der Waals surface area contributed by atoms with Gasteiger partial charge < -0.3 is 9.05 Å². The van der Waals surface area contributed by atoms with Crippen LogP contribution in [0.2, 0.25) is 0 Å². The van der Waals surface area contributed by atoms with Crippen molar-refractivity contribution in [2.45, 2.75) is 101 Å². The second kappa shape index (κ2) is 13.7. The van der Waals surface area contributed by atoms with Crippen molar-refractivity contribution in [3.05, 3.63) is 163 Å². The molecule has 2 aliphatic heterocycles. The van der Waals surface area contributed by atoms with Gasteiger partial charge in [0.25, 0.3) is 0 Å². The van der Waals surface area contributed by atoms with Crippen molar-refractivity contribution in [2.75, 3.05) is 0 Å². The van der Waals surface area contributed by atoms with Gasteiger partial charge in [0.1, 0.15) is 0 Å². The third kappa shape index (κ3) is 5.13. The standard InChI is InChI=1S/C64H55BN2/c1-3-17-42(18-4-1)44-23-25-57-50(31-44)53-33-46(43-19-5-2-6-20-43)34-56-61(53)66(57)62-49-22-8-7-21-45(49)32-52-55-37-48(64-29-11-15-41(39-64)16-12-30-64)36-54-51-35-47(63-27-9-13-40(38-63)14-10-28-63)24-26-58(51)67(60(54)55)65(56)59(52)62/h1-8,17-26,31-37,40-41H,9-16,27-30,38-39H2. The van der Waals surface area contributed by atoms with Crippen LogP contribution in [0.4, 0.5) is 0 Å². The fourth-order valence-corrected chi connectivity index (χ4v) is 16.2. The number of fused-ring (bicyclic) bond motifs is 16. The Kier molecular flexibility index (Phi) is 7.69. The zero-order chi connectivity index (χ0) is 43.6. The molecule has 0 spiro atoms. The Morgan fingerprint density at radius 3 is 1.76 bits per heavy atom. The second-order valence-electron chi connectivity index (χ2n) is 22.4. The summed E-state index contributed by atoms with van der Waals surface area (Å²) in [6, 6.07) is 60.0. The van der Waals surface area contributed by atoms with Crippen molar-refractivity contribution < 1.29 is 0 Å². The van der Waals surface area contributed by atoms with Crippen LogP contribution in [0.1, 0.15) is 101 Å². The van der Waals surface area contributed by atoms with Crippen LogP contribution >= 0.6 is 0 Å². The summed E-state index contributed by atoms with van der Waals surface area (Å²) in [5.74, 6) is 1.76. The molecule has 4 bridgehead atoms. The van der Waals surface area contributed by atoms with Crippen LogP contribution in [-0.2, 0) is 10.8 Å². The van der Waals surface area contributed by atoms with E-state index in [-0.39, 0.29) is 12.3 Å². The lowest BCUT2D eigenvalue weighted by molar-refractivity contribution is 0.149. The first kappa shape index (κ1) is 37.7. The van der Waals surface area contributed by atoms with Gasteiger partial charge >= 0.3 is 6.85 Å². The van der Waals surface area contributed by atoms with Crippen molar-refractivity contribution >= 4 is 72.2 Å². The van der Waals surface area contributed by atoms with E-state index >= 15 is 0 Å². The van der Waals surface area contributed by atoms with E-state index in [4.69, 9.17) is 0 Å². The van der Waals surface area contributed by atoms with Crippen LogP contribution in [0.3, 0.4) is 0 Å². The van der Waals surface area contributed by atoms with Gasteiger partial charge in [0.05, 0.1) is 16.7 Å². The van der Waals surface area contributed by atoms with Crippen molar-refractivity contribution in [2.24, 2.45) is 11.8 Å². The topological polar surface area (TPSA) is 9.86 Å². The smallest absolute Gasteiger partial charge is 0.333 e. The van der Waals surface area contributed by atoms with Crippen molar-refractivity contribution in [3.8, 4) is 39.1 Å². The highest BCUT2D eigenvalue weighted by Crippen LogP contribution is 2.55. The molecular weight excluding hydrogens is 808 g/mol. The third-order valence-corrected chi connectivity index (χ3v) is 19.1. The summed E-state index contributed by atoms with van der Waals surface area (Å²) in [7, 11) is 0. The molecule has 0 unspecified atom stereocenters. The molecular formula is C64H55BN2. The Hall–Kier alpha value is -6.32.